The molecular weight excluding hydrogens is 244 g/mol. The van der Waals surface area contributed by atoms with E-state index in [1.165, 1.54) is 43.2 Å². The number of benzene rings is 1. The molecule has 0 radical (unpaired) electrons. The van der Waals surface area contributed by atoms with Gasteiger partial charge in [-0.3, -0.25) is 0 Å². The lowest BCUT2D eigenvalue weighted by molar-refractivity contribution is 0.0598. The van der Waals surface area contributed by atoms with Crippen LogP contribution in [-0.2, 0) is 6.42 Å². The topological polar surface area (TPSA) is 15.3 Å². The van der Waals surface area contributed by atoms with Crippen molar-refractivity contribution in [3.05, 3.63) is 35.4 Å². The zero-order valence-corrected chi connectivity index (χ0v) is 13.6. The second kappa shape index (κ2) is 6.73. The van der Waals surface area contributed by atoms with Gasteiger partial charge in [0.15, 0.2) is 0 Å². The summed E-state index contributed by atoms with van der Waals surface area (Å²) in [6, 6.07) is 9.49. The van der Waals surface area contributed by atoms with Gasteiger partial charge in [-0.1, -0.05) is 49.1 Å². The summed E-state index contributed by atoms with van der Waals surface area (Å²) in [5.74, 6) is 0. The van der Waals surface area contributed by atoms with Gasteiger partial charge < -0.3 is 10.2 Å². The Kier molecular flexibility index (Phi) is 5.22. The van der Waals surface area contributed by atoms with Gasteiger partial charge in [0.05, 0.1) is 0 Å². The first-order valence-corrected chi connectivity index (χ1v) is 7.99. The Morgan fingerprint density at radius 3 is 2.45 bits per heavy atom. The third-order valence-corrected chi connectivity index (χ3v) is 5.13. The summed E-state index contributed by atoms with van der Waals surface area (Å²) in [4.78, 5) is 2.48. The zero-order valence-electron chi connectivity index (χ0n) is 13.6. The minimum Gasteiger partial charge on any atom is -0.315 e. The molecule has 0 bridgehead atoms. The van der Waals surface area contributed by atoms with Crippen LogP contribution in [0.3, 0.4) is 0 Å². The third kappa shape index (κ3) is 3.24. The Bertz CT molecular complexity index is 419. The monoisotopic (exact) mass is 274 g/mol. The lowest BCUT2D eigenvalue weighted by atomic mass is 9.73. The number of hydrogen-bond donors (Lipinski definition) is 1. The second-order valence-electron chi connectivity index (χ2n) is 6.59. The van der Waals surface area contributed by atoms with Gasteiger partial charge in [0, 0.05) is 11.6 Å². The Morgan fingerprint density at radius 2 is 1.90 bits per heavy atom. The molecule has 2 nitrogen and oxygen atoms in total. The number of nitrogens with one attached hydrogen (secondary N) is 1. The van der Waals surface area contributed by atoms with Gasteiger partial charge in [-0.05, 0) is 52.9 Å². The molecule has 2 heteroatoms. The van der Waals surface area contributed by atoms with Crippen LogP contribution in [0.15, 0.2) is 24.3 Å². The molecule has 0 heterocycles. The van der Waals surface area contributed by atoms with E-state index in [0.717, 1.165) is 6.42 Å². The first-order valence-electron chi connectivity index (χ1n) is 7.99. The van der Waals surface area contributed by atoms with Crippen LogP contribution in [0.4, 0.5) is 0 Å². The van der Waals surface area contributed by atoms with Crippen molar-refractivity contribution in [3.8, 4) is 0 Å². The molecule has 1 unspecified atom stereocenters. The van der Waals surface area contributed by atoms with Crippen LogP contribution in [0.5, 0.6) is 0 Å². The molecule has 1 atom stereocenters. The lowest BCUT2D eigenvalue weighted by Crippen LogP contribution is -2.60. The van der Waals surface area contributed by atoms with Crippen molar-refractivity contribution < 1.29 is 0 Å². The van der Waals surface area contributed by atoms with E-state index in [1.54, 1.807) is 0 Å². The summed E-state index contributed by atoms with van der Waals surface area (Å²) in [5.41, 5.74) is 3.13. The van der Waals surface area contributed by atoms with Gasteiger partial charge in [0.25, 0.3) is 0 Å². The normalized spacial score (nSPS) is 20.1. The van der Waals surface area contributed by atoms with Crippen molar-refractivity contribution in [2.45, 2.75) is 57.0 Å². The van der Waals surface area contributed by atoms with Crippen molar-refractivity contribution in [1.29, 1.82) is 0 Å². The molecule has 20 heavy (non-hydrogen) atoms. The van der Waals surface area contributed by atoms with E-state index in [4.69, 9.17) is 0 Å². The summed E-state index contributed by atoms with van der Waals surface area (Å²) < 4.78 is 0. The van der Waals surface area contributed by atoms with Gasteiger partial charge >= 0.3 is 0 Å². The minimum atomic E-state index is 0.316. The molecule has 2 rings (SSSR count). The Balaban J connectivity index is 2.20. The van der Waals surface area contributed by atoms with Crippen LogP contribution in [-0.4, -0.2) is 37.6 Å². The average Bonchev–Trinajstić information content (AvgIpc) is 2.45. The van der Waals surface area contributed by atoms with E-state index in [9.17, 15) is 0 Å². The molecule has 1 aliphatic rings. The summed E-state index contributed by atoms with van der Waals surface area (Å²) >= 11 is 0. The quantitative estimate of drug-likeness (QED) is 0.885. The fourth-order valence-corrected chi connectivity index (χ4v) is 3.91. The molecule has 1 fully saturated rings. The lowest BCUT2D eigenvalue weighted by Gasteiger charge is -2.48. The Hall–Kier alpha value is -0.860. The van der Waals surface area contributed by atoms with E-state index in [0.29, 0.717) is 11.6 Å². The van der Waals surface area contributed by atoms with Crippen molar-refractivity contribution in [3.63, 3.8) is 0 Å². The molecule has 1 aliphatic carbocycles. The van der Waals surface area contributed by atoms with Crippen molar-refractivity contribution in [2.24, 2.45) is 0 Å². The largest absolute Gasteiger partial charge is 0.315 e. The van der Waals surface area contributed by atoms with E-state index < -0.39 is 0 Å². The summed E-state index contributed by atoms with van der Waals surface area (Å²) in [7, 11) is 6.64. The van der Waals surface area contributed by atoms with Crippen LogP contribution in [0.2, 0.25) is 0 Å². The van der Waals surface area contributed by atoms with Gasteiger partial charge in [-0.15, -0.1) is 0 Å². The highest BCUT2D eigenvalue weighted by atomic mass is 15.2. The standard InChI is InChI=1S/C18H30N2/c1-15-9-8-10-16(13-15)14-17(19-2)18(20(3)4)11-6-5-7-12-18/h8-10,13,17,19H,5-7,11-12,14H2,1-4H3. The number of likely N-dealkylation sites (N-methyl/N-ethyl adjacent to an activating group) is 2. The van der Waals surface area contributed by atoms with E-state index >= 15 is 0 Å². The van der Waals surface area contributed by atoms with Gasteiger partial charge in [0.1, 0.15) is 0 Å². The molecule has 1 aromatic rings. The second-order valence-corrected chi connectivity index (χ2v) is 6.59. The maximum Gasteiger partial charge on any atom is 0.0359 e. The molecule has 0 amide bonds. The van der Waals surface area contributed by atoms with Gasteiger partial charge in [0.2, 0.25) is 0 Å². The molecule has 0 spiro atoms. The highest BCUT2D eigenvalue weighted by Crippen LogP contribution is 2.36. The van der Waals surface area contributed by atoms with Crippen molar-refractivity contribution >= 4 is 0 Å². The Labute approximate surface area is 124 Å². The van der Waals surface area contributed by atoms with Crippen LogP contribution in [0.25, 0.3) is 0 Å². The van der Waals surface area contributed by atoms with Gasteiger partial charge in [-0.25, -0.2) is 0 Å². The van der Waals surface area contributed by atoms with Crippen LogP contribution in [0.1, 0.15) is 43.2 Å². The highest BCUT2D eigenvalue weighted by molar-refractivity contribution is 5.24. The summed E-state index contributed by atoms with van der Waals surface area (Å²) in [6.45, 7) is 2.18. The highest BCUT2D eigenvalue weighted by Gasteiger charge is 2.40. The van der Waals surface area contributed by atoms with Crippen molar-refractivity contribution in [2.75, 3.05) is 21.1 Å². The molecule has 1 aromatic carbocycles. The SMILES string of the molecule is CNC(Cc1cccc(C)c1)C1(N(C)C)CCCCC1. The first-order chi connectivity index (χ1) is 9.58. The molecule has 1 N–H and O–H groups in total. The maximum absolute atomic E-state index is 3.62. The third-order valence-electron chi connectivity index (χ3n) is 5.13. The molecule has 0 aromatic heterocycles. The smallest absolute Gasteiger partial charge is 0.0359 e. The number of nitrogens with zero attached hydrogens (tertiary/aromatic N) is 1. The predicted octanol–water partition coefficient (Wildman–Crippen LogP) is 3.39. The molecule has 112 valence electrons. The summed E-state index contributed by atoms with van der Waals surface area (Å²) in [6.07, 6.45) is 7.88. The first kappa shape index (κ1) is 15.5. The minimum absolute atomic E-state index is 0.316. The molecular formula is C18H30N2. The van der Waals surface area contributed by atoms with E-state index in [-0.39, 0.29) is 0 Å². The summed E-state index contributed by atoms with van der Waals surface area (Å²) in [5, 5.41) is 3.62. The number of aryl methyl sites for hydroxylation is 1. The van der Waals surface area contributed by atoms with Crippen LogP contribution >= 0.6 is 0 Å². The van der Waals surface area contributed by atoms with Gasteiger partial charge in [-0.2, -0.15) is 0 Å². The molecule has 0 aliphatic heterocycles. The fraction of sp³-hybridized carbons (Fsp3) is 0.667. The van der Waals surface area contributed by atoms with Crippen LogP contribution < -0.4 is 5.32 Å². The fourth-order valence-electron chi connectivity index (χ4n) is 3.91. The number of rotatable bonds is 5. The van der Waals surface area contributed by atoms with E-state index in [1.807, 2.05) is 0 Å². The number of hydrogen-bond acceptors (Lipinski definition) is 2. The zero-order chi connectivity index (χ0) is 14.6. The molecule has 0 saturated heterocycles. The van der Waals surface area contributed by atoms with Crippen molar-refractivity contribution in [1.82, 2.24) is 10.2 Å². The average molecular weight is 274 g/mol. The van der Waals surface area contributed by atoms with E-state index in [2.05, 4.69) is 62.5 Å². The maximum atomic E-state index is 3.62. The molecule has 1 saturated carbocycles. The van der Waals surface area contributed by atoms with Crippen LogP contribution in [0, 0.1) is 6.92 Å². The predicted molar refractivity (Wildman–Crippen MR) is 87.2 cm³/mol. The Morgan fingerprint density at radius 1 is 1.20 bits per heavy atom.